The van der Waals surface area contributed by atoms with E-state index in [2.05, 4.69) is 9.22 Å². The maximum absolute atomic E-state index is 10.5. The summed E-state index contributed by atoms with van der Waals surface area (Å²) in [6.07, 6.45) is 0.832. The van der Waals surface area contributed by atoms with Crippen LogP contribution in [-0.4, -0.2) is 25.7 Å². The second-order valence-corrected chi connectivity index (χ2v) is 4.23. The molecule has 0 spiro atoms. The first-order valence-electron chi connectivity index (χ1n) is 3.78. The Morgan fingerprint density at radius 3 is 2.20 bits per heavy atom. The molecule has 0 amide bonds. The highest BCUT2D eigenvalue weighted by molar-refractivity contribution is 7.85. The summed E-state index contributed by atoms with van der Waals surface area (Å²) in [6, 6.07) is 5.11. The van der Waals surface area contributed by atoms with Crippen molar-refractivity contribution < 1.29 is 27.5 Å². The Hall–Kier alpha value is -1.60. The van der Waals surface area contributed by atoms with E-state index in [0.29, 0.717) is 0 Å². The highest BCUT2D eigenvalue weighted by Crippen LogP contribution is 2.13. The summed E-state index contributed by atoms with van der Waals surface area (Å²) in [5.41, 5.74) is 0.0710. The van der Waals surface area contributed by atoms with Crippen LogP contribution in [0.2, 0.25) is 0 Å². The molecule has 0 fully saturated rings. The van der Waals surface area contributed by atoms with E-state index in [1.165, 1.54) is 24.3 Å². The topological polar surface area (TPSA) is 89.9 Å². The standard InChI is InChI=1S/C8H8O6S/c1-15(11,12)14-13-7-4-2-6(3-5-7)8(9)10/h2-5H,1H3,(H,9,10). The SMILES string of the molecule is CS(=O)(=O)OOc1ccc(C(=O)O)cc1. The molecule has 1 N–H and O–H groups in total. The van der Waals surface area contributed by atoms with Gasteiger partial charge in [0, 0.05) is 0 Å². The van der Waals surface area contributed by atoms with Gasteiger partial charge in [-0.1, -0.05) is 4.33 Å². The molecule has 0 aliphatic heterocycles. The van der Waals surface area contributed by atoms with Crippen LogP contribution in [0.15, 0.2) is 24.3 Å². The van der Waals surface area contributed by atoms with E-state index in [1.54, 1.807) is 0 Å². The number of carboxylic acids is 1. The van der Waals surface area contributed by atoms with Gasteiger partial charge in [-0.25, -0.2) is 4.79 Å². The number of carboxylic acid groups (broad SMARTS) is 1. The van der Waals surface area contributed by atoms with Crippen molar-refractivity contribution in [3.63, 3.8) is 0 Å². The van der Waals surface area contributed by atoms with Crippen molar-refractivity contribution in [1.29, 1.82) is 0 Å². The van der Waals surface area contributed by atoms with E-state index in [1.807, 2.05) is 0 Å². The molecule has 0 aliphatic rings. The predicted molar refractivity (Wildman–Crippen MR) is 50.0 cm³/mol. The van der Waals surface area contributed by atoms with E-state index in [9.17, 15) is 13.2 Å². The minimum Gasteiger partial charge on any atom is -0.478 e. The molecule has 0 saturated heterocycles. The molecule has 15 heavy (non-hydrogen) atoms. The molecule has 0 unspecified atom stereocenters. The van der Waals surface area contributed by atoms with Crippen LogP contribution in [0.4, 0.5) is 0 Å². The van der Waals surface area contributed by atoms with Crippen molar-refractivity contribution in [3.8, 4) is 5.75 Å². The first-order chi connectivity index (χ1) is 6.88. The summed E-state index contributed by atoms with van der Waals surface area (Å²) in [5, 5.41) is 8.57. The third-order valence-corrected chi connectivity index (χ3v) is 1.67. The average molecular weight is 232 g/mol. The predicted octanol–water partition coefficient (Wildman–Crippen LogP) is 0.655. The Morgan fingerprint density at radius 2 is 1.80 bits per heavy atom. The van der Waals surface area contributed by atoms with E-state index in [4.69, 9.17) is 5.11 Å². The van der Waals surface area contributed by atoms with Gasteiger partial charge >= 0.3 is 5.97 Å². The molecule has 0 aliphatic carbocycles. The third kappa shape index (κ3) is 3.96. The van der Waals surface area contributed by atoms with E-state index >= 15 is 0 Å². The van der Waals surface area contributed by atoms with Crippen molar-refractivity contribution in [2.75, 3.05) is 6.26 Å². The molecule has 0 saturated carbocycles. The number of hydrogen-bond donors (Lipinski definition) is 1. The Balaban J connectivity index is 2.69. The molecule has 0 atom stereocenters. The van der Waals surface area contributed by atoms with Crippen LogP contribution in [0, 0.1) is 0 Å². The minimum absolute atomic E-state index is 0.0710. The van der Waals surface area contributed by atoms with E-state index in [-0.39, 0.29) is 11.3 Å². The summed E-state index contributed by atoms with van der Waals surface area (Å²) in [7, 11) is -3.69. The number of carbonyl (C=O) groups is 1. The molecule has 1 aromatic carbocycles. The molecule has 6 nitrogen and oxygen atoms in total. The van der Waals surface area contributed by atoms with Crippen molar-refractivity contribution in [2.45, 2.75) is 0 Å². The van der Waals surface area contributed by atoms with Crippen LogP contribution in [-0.2, 0) is 14.5 Å². The highest BCUT2D eigenvalue weighted by atomic mass is 32.2. The fourth-order valence-corrected chi connectivity index (χ4v) is 0.956. The van der Waals surface area contributed by atoms with Gasteiger partial charge < -0.3 is 9.99 Å². The Bertz CT molecular complexity index is 447. The molecular weight excluding hydrogens is 224 g/mol. The molecule has 0 radical (unpaired) electrons. The second-order valence-electron chi connectivity index (χ2n) is 2.69. The van der Waals surface area contributed by atoms with Crippen LogP contribution in [0.1, 0.15) is 10.4 Å². The fraction of sp³-hybridized carbons (Fsp3) is 0.125. The highest BCUT2D eigenvalue weighted by Gasteiger charge is 2.06. The smallest absolute Gasteiger partial charge is 0.335 e. The molecule has 82 valence electrons. The zero-order chi connectivity index (χ0) is 11.5. The van der Waals surface area contributed by atoms with Gasteiger partial charge in [-0.05, 0) is 24.3 Å². The molecule has 7 heteroatoms. The van der Waals surface area contributed by atoms with Crippen LogP contribution in [0.25, 0.3) is 0 Å². The number of rotatable bonds is 4. The maximum Gasteiger partial charge on any atom is 0.335 e. The van der Waals surface area contributed by atoms with Gasteiger partial charge in [-0.3, -0.25) is 0 Å². The van der Waals surface area contributed by atoms with Crippen LogP contribution in [0.5, 0.6) is 5.75 Å². The lowest BCUT2D eigenvalue weighted by Gasteiger charge is -2.01. The van der Waals surface area contributed by atoms with Crippen LogP contribution >= 0.6 is 0 Å². The van der Waals surface area contributed by atoms with Crippen LogP contribution in [0.3, 0.4) is 0 Å². The summed E-state index contributed by atoms with van der Waals surface area (Å²) in [4.78, 5) is 14.9. The second kappa shape index (κ2) is 4.28. The molecule has 0 aromatic heterocycles. The molecule has 1 aromatic rings. The molecule has 0 heterocycles. The quantitative estimate of drug-likeness (QED) is 0.605. The molecule has 0 bridgehead atoms. The Kier molecular flexibility index (Phi) is 3.28. The summed E-state index contributed by atoms with van der Waals surface area (Å²) < 4.78 is 25.1. The Labute approximate surface area is 86.1 Å². The Morgan fingerprint density at radius 1 is 1.27 bits per heavy atom. The monoisotopic (exact) mass is 232 g/mol. The van der Waals surface area contributed by atoms with E-state index in [0.717, 1.165) is 6.26 Å². The van der Waals surface area contributed by atoms with Gasteiger partial charge in [-0.15, -0.1) is 0 Å². The van der Waals surface area contributed by atoms with Gasteiger partial charge in [-0.2, -0.15) is 8.42 Å². The van der Waals surface area contributed by atoms with Gasteiger partial charge in [0.2, 0.25) is 0 Å². The number of benzene rings is 1. The van der Waals surface area contributed by atoms with Crippen molar-refractivity contribution in [1.82, 2.24) is 0 Å². The van der Waals surface area contributed by atoms with Gasteiger partial charge in [0.1, 0.15) is 0 Å². The largest absolute Gasteiger partial charge is 0.478 e. The average Bonchev–Trinajstić information content (AvgIpc) is 2.14. The minimum atomic E-state index is -3.69. The first kappa shape index (κ1) is 11.5. The van der Waals surface area contributed by atoms with Crippen molar-refractivity contribution in [3.05, 3.63) is 29.8 Å². The van der Waals surface area contributed by atoms with Gasteiger partial charge in [0.25, 0.3) is 10.1 Å². The zero-order valence-electron chi connectivity index (χ0n) is 7.71. The lowest BCUT2D eigenvalue weighted by molar-refractivity contribution is -0.0916. The molecule has 1 rings (SSSR count). The third-order valence-electron chi connectivity index (χ3n) is 1.36. The van der Waals surface area contributed by atoms with Crippen molar-refractivity contribution >= 4 is 16.1 Å². The summed E-state index contributed by atoms with van der Waals surface area (Å²) in [5.74, 6) is -0.976. The van der Waals surface area contributed by atoms with Gasteiger partial charge in [0.05, 0.1) is 11.8 Å². The van der Waals surface area contributed by atoms with Crippen molar-refractivity contribution in [2.24, 2.45) is 0 Å². The van der Waals surface area contributed by atoms with Crippen LogP contribution < -0.4 is 4.89 Å². The molecular formula is C8H8O6S. The normalized spacial score (nSPS) is 11.0. The summed E-state index contributed by atoms with van der Waals surface area (Å²) >= 11 is 0. The number of hydrogen-bond acceptors (Lipinski definition) is 5. The summed E-state index contributed by atoms with van der Waals surface area (Å²) in [6.45, 7) is 0. The van der Waals surface area contributed by atoms with E-state index < -0.39 is 16.1 Å². The fourth-order valence-electron chi connectivity index (χ4n) is 0.754. The first-order valence-corrected chi connectivity index (χ1v) is 5.59. The lowest BCUT2D eigenvalue weighted by atomic mass is 10.2. The lowest BCUT2D eigenvalue weighted by Crippen LogP contribution is -2.06. The zero-order valence-corrected chi connectivity index (χ0v) is 8.52. The maximum atomic E-state index is 10.5. The number of aromatic carboxylic acids is 1. The van der Waals surface area contributed by atoms with Gasteiger partial charge in [0.15, 0.2) is 5.75 Å².